The average Bonchev–Trinajstić information content (AvgIpc) is 2.78. The van der Waals surface area contributed by atoms with Crippen LogP contribution in [0.25, 0.3) is 0 Å². The average molecular weight is 326 g/mol. The normalized spacial score (nSPS) is 13.3. The Hall–Kier alpha value is -1.82. The van der Waals surface area contributed by atoms with E-state index in [4.69, 9.17) is 4.52 Å². The molecule has 1 unspecified atom stereocenters. The van der Waals surface area contributed by atoms with Crippen LogP contribution >= 0.6 is 0 Å². The molecule has 6 heteroatoms. The molecular weight excluding hydrogens is 305 g/mol. The molecule has 0 saturated carbocycles. The molecule has 2 aromatic rings. The number of nitrogens with zero attached hydrogens (tertiary/aromatic N) is 1. The Morgan fingerprint density at radius 2 is 2.00 bits per heavy atom. The van der Waals surface area contributed by atoms with Crippen LogP contribution < -0.4 is 5.32 Å². The van der Waals surface area contributed by atoms with Gasteiger partial charge < -0.3 is 9.84 Å². The Labute approximate surface area is 133 Å². The van der Waals surface area contributed by atoms with Gasteiger partial charge in [-0.2, -0.15) is 13.2 Å². The van der Waals surface area contributed by atoms with Gasteiger partial charge in [-0.3, -0.25) is 0 Å². The molecule has 0 spiro atoms. The van der Waals surface area contributed by atoms with Gasteiger partial charge in [-0.1, -0.05) is 23.4 Å². The maximum absolute atomic E-state index is 12.7. The highest BCUT2D eigenvalue weighted by atomic mass is 19.4. The Morgan fingerprint density at radius 1 is 1.26 bits per heavy atom. The van der Waals surface area contributed by atoms with E-state index in [1.807, 2.05) is 20.8 Å². The van der Waals surface area contributed by atoms with Crippen molar-refractivity contribution in [3.8, 4) is 0 Å². The van der Waals surface area contributed by atoms with Gasteiger partial charge in [0.15, 0.2) is 0 Å². The van der Waals surface area contributed by atoms with Crippen molar-refractivity contribution in [2.24, 2.45) is 0 Å². The van der Waals surface area contributed by atoms with Crippen molar-refractivity contribution >= 4 is 0 Å². The lowest BCUT2D eigenvalue weighted by Crippen LogP contribution is -2.30. The molecule has 0 bridgehead atoms. The monoisotopic (exact) mass is 326 g/mol. The Morgan fingerprint density at radius 3 is 2.61 bits per heavy atom. The maximum atomic E-state index is 12.7. The number of nitrogens with one attached hydrogen (secondary N) is 1. The molecular formula is C17H21F3N2O. The third-order valence-electron chi connectivity index (χ3n) is 3.85. The van der Waals surface area contributed by atoms with E-state index in [1.54, 1.807) is 6.07 Å². The predicted molar refractivity (Wildman–Crippen MR) is 82.3 cm³/mol. The number of hydrogen-bond donors (Lipinski definition) is 1. The minimum Gasteiger partial charge on any atom is -0.361 e. The molecule has 1 heterocycles. The van der Waals surface area contributed by atoms with Crippen LogP contribution in [0.15, 0.2) is 28.8 Å². The number of alkyl halides is 3. The third-order valence-corrected chi connectivity index (χ3v) is 3.85. The minimum absolute atomic E-state index is 0.0824. The van der Waals surface area contributed by atoms with E-state index in [1.165, 1.54) is 12.1 Å². The van der Waals surface area contributed by atoms with Gasteiger partial charge >= 0.3 is 6.18 Å². The molecule has 1 N–H and O–H groups in total. The van der Waals surface area contributed by atoms with Crippen molar-refractivity contribution in [3.05, 3.63) is 52.4 Å². The van der Waals surface area contributed by atoms with Crippen LogP contribution in [0.1, 0.15) is 35.1 Å². The van der Waals surface area contributed by atoms with Crippen LogP contribution in [0.5, 0.6) is 0 Å². The highest BCUT2D eigenvalue weighted by molar-refractivity contribution is 5.26. The highest BCUT2D eigenvalue weighted by Crippen LogP contribution is 2.29. The molecule has 1 atom stereocenters. The number of benzene rings is 1. The van der Waals surface area contributed by atoms with Gasteiger partial charge in [0.1, 0.15) is 5.76 Å². The topological polar surface area (TPSA) is 38.1 Å². The first-order chi connectivity index (χ1) is 10.8. The lowest BCUT2D eigenvalue weighted by atomic mass is 10.0. The molecule has 0 fully saturated rings. The summed E-state index contributed by atoms with van der Waals surface area (Å²) in [5.74, 6) is 0.815. The first kappa shape index (κ1) is 17.5. The van der Waals surface area contributed by atoms with E-state index >= 15 is 0 Å². The second-order valence-electron chi connectivity index (χ2n) is 5.81. The summed E-state index contributed by atoms with van der Waals surface area (Å²) in [7, 11) is 0. The molecule has 0 saturated heterocycles. The Balaban J connectivity index is 1.87. The lowest BCUT2D eigenvalue weighted by molar-refractivity contribution is -0.137. The van der Waals surface area contributed by atoms with Gasteiger partial charge in [0.25, 0.3) is 0 Å². The number of aryl methyl sites for hydroxylation is 2. The number of rotatable bonds is 6. The van der Waals surface area contributed by atoms with Crippen LogP contribution in [0.3, 0.4) is 0 Å². The summed E-state index contributed by atoms with van der Waals surface area (Å²) in [6.45, 7) is 6.47. The lowest BCUT2D eigenvalue weighted by Gasteiger charge is -2.15. The molecule has 3 nitrogen and oxygen atoms in total. The zero-order valence-electron chi connectivity index (χ0n) is 13.5. The fourth-order valence-corrected chi connectivity index (χ4v) is 2.60. The van der Waals surface area contributed by atoms with Gasteiger partial charge in [-0.05, 0) is 51.8 Å². The quantitative estimate of drug-likeness (QED) is 0.869. The van der Waals surface area contributed by atoms with Crippen LogP contribution in [0, 0.1) is 13.8 Å². The molecule has 1 aromatic heterocycles. The summed E-state index contributed by atoms with van der Waals surface area (Å²) in [5.41, 5.74) is 2.05. The number of aromatic nitrogens is 1. The summed E-state index contributed by atoms with van der Waals surface area (Å²) in [6, 6.07) is 5.57. The van der Waals surface area contributed by atoms with Gasteiger partial charge in [0, 0.05) is 11.6 Å². The number of hydrogen-bond acceptors (Lipinski definition) is 3. The maximum Gasteiger partial charge on any atom is 0.416 e. The van der Waals surface area contributed by atoms with Crippen molar-refractivity contribution < 1.29 is 17.7 Å². The van der Waals surface area contributed by atoms with Crippen molar-refractivity contribution in [2.75, 3.05) is 6.54 Å². The predicted octanol–water partition coefficient (Wildman–Crippen LogP) is 4.07. The SMILES string of the molecule is Cc1noc(C)c1CCNC(C)Cc1cccc(C(F)(F)F)c1. The van der Waals surface area contributed by atoms with Crippen LogP contribution in [0.4, 0.5) is 13.2 Å². The Kier molecular flexibility index (Phi) is 5.46. The molecule has 126 valence electrons. The van der Waals surface area contributed by atoms with E-state index < -0.39 is 11.7 Å². The summed E-state index contributed by atoms with van der Waals surface area (Å²) in [4.78, 5) is 0. The third kappa shape index (κ3) is 4.82. The first-order valence-corrected chi connectivity index (χ1v) is 7.58. The summed E-state index contributed by atoms with van der Waals surface area (Å²) in [6.07, 6.45) is -2.96. The smallest absolute Gasteiger partial charge is 0.361 e. The van der Waals surface area contributed by atoms with E-state index in [9.17, 15) is 13.2 Å². The summed E-state index contributed by atoms with van der Waals surface area (Å²) >= 11 is 0. The highest BCUT2D eigenvalue weighted by Gasteiger charge is 2.30. The van der Waals surface area contributed by atoms with Crippen LogP contribution in [0.2, 0.25) is 0 Å². The van der Waals surface area contributed by atoms with Gasteiger partial charge in [-0.25, -0.2) is 0 Å². The molecule has 1 aromatic carbocycles. The van der Waals surface area contributed by atoms with Crippen molar-refractivity contribution in [1.82, 2.24) is 10.5 Å². The minimum atomic E-state index is -4.30. The number of halogens is 3. The molecule has 0 aliphatic rings. The first-order valence-electron chi connectivity index (χ1n) is 7.58. The van der Waals surface area contributed by atoms with E-state index in [0.29, 0.717) is 12.0 Å². The molecule has 23 heavy (non-hydrogen) atoms. The van der Waals surface area contributed by atoms with Crippen LogP contribution in [-0.4, -0.2) is 17.7 Å². The fourth-order valence-electron chi connectivity index (χ4n) is 2.60. The van der Waals surface area contributed by atoms with Gasteiger partial charge in [0.2, 0.25) is 0 Å². The van der Waals surface area contributed by atoms with Gasteiger partial charge in [-0.15, -0.1) is 0 Å². The second-order valence-corrected chi connectivity index (χ2v) is 5.81. The largest absolute Gasteiger partial charge is 0.416 e. The summed E-state index contributed by atoms with van der Waals surface area (Å²) < 4.78 is 43.2. The summed E-state index contributed by atoms with van der Waals surface area (Å²) in [5, 5.41) is 7.24. The molecule has 0 aliphatic carbocycles. The van der Waals surface area contributed by atoms with Crippen molar-refractivity contribution in [1.29, 1.82) is 0 Å². The second kappa shape index (κ2) is 7.17. The standard InChI is InChI=1S/C17H21F3N2O/c1-11(21-8-7-16-12(2)22-23-13(16)3)9-14-5-4-6-15(10-14)17(18,19)20/h4-6,10-11,21H,7-9H2,1-3H3. The zero-order chi connectivity index (χ0) is 17.0. The Bertz CT molecular complexity index is 630. The molecule has 0 amide bonds. The molecule has 0 aliphatic heterocycles. The molecule has 0 radical (unpaired) electrons. The zero-order valence-corrected chi connectivity index (χ0v) is 13.5. The van der Waals surface area contributed by atoms with Crippen molar-refractivity contribution in [2.45, 2.75) is 45.8 Å². The van der Waals surface area contributed by atoms with Gasteiger partial charge in [0.05, 0.1) is 11.3 Å². The van der Waals surface area contributed by atoms with E-state index in [-0.39, 0.29) is 6.04 Å². The van der Waals surface area contributed by atoms with E-state index in [0.717, 1.165) is 36.0 Å². The molecule has 2 rings (SSSR count). The fraction of sp³-hybridized carbons (Fsp3) is 0.471. The van der Waals surface area contributed by atoms with Crippen molar-refractivity contribution in [3.63, 3.8) is 0 Å². The van der Waals surface area contributed by atoms with Crippen LogP contribution in [-0.2, 0) is 19.0 Å². The van der Waals surface area contributed by atoms with E-state index in [2.05, 4.69) is 10.5 Å².